The highest BCUT2D eigenvalue weighted by Gasteiger charge is 2.82. The topological polar surface area (TPSA) is 51.3 Å². The van der Waals surface area contributed by atoms with Gasteiger partial charge in [-0.25, -0.2) is 4.39 Å². The summed E-state index contributed by atoms with van der Waals surface area (Å²) >= 11 is 0. The van der Waals surface area contributed by atoms with Crippen LogP contribution in [0, 0.1) is 28.5 Å². The first-order chi connectivity index (χ1) is 18.4. The molecule has 0 radical (unpaired) electrons. The Morgan fingerprint density at radius 1 is 1.21 bits per heavy atom. The van der Waals surface area contributed by atoms with Crippen LogP contribution in [-0.4, -0.2) is 53.4 Å². The van der Waals surface area contributed by atoms with E-state index in [2.05, 4.69) is 52.5 Å². The van der Waals surface area contributed by atoms with Crippen LogP contribution in [0.2, 0.25) is 0 Å². The Hall–Kier alpha value is -2.44. The summed E-state index contributed by atoms with van der Waals surface area (Å²) in [4.78, 5) is 6.00. The number of hydrogen-bond acceptors (Lipinski definition) is 3. The number of aromatic amines is 1. The molecule has 1 saturated heterocycles. The lowest BCUT2D eigenvalue weighted by Crippen LogP contribution is -2.77. The number of aromatic nitrogens is 1. The van der Waals surface area contributed by atoms with Gasteiger partial charge in [-0.05, 0) is 85.1 Å². The van der Waals surface area contributed by atoms with Crippen LogP contribution < -0.4 is 5.32 Å². The Kier molecular flexibility index (Phi) is 4.82. The fourth-order valence-corrected chi connectivity index (χ4v) is 10.0. The molecule has 4 fully saturated rings. The highest BCUT2D eigenvalue weighted by molar-refractivity contribution is 5.85. The number of H-pyrrole nitrogens is 1. The average molecular weight is 518 g/mol. The molecule has 200 valence electrons. The van der Waals surface area contributed by atoms with Gasteiger partial charge in [0.2, 0.25) is 0 Å². The maximum absolute atomic E-state index is 16.4. The number of nitrogens with one attached hydrogen (secondary N) is 2. The molecule has 4 nitrogen and oxygen atoms in total. The van der Waals surface area contributed by atoms with Crippen LogP contribution in [0.4, 0.5) is 14.5 Å². The number of nitrogens with zero attached hydrogens (tertiary/aromatic N) is 1. The average Bonchev–Trinajstić information content (AvgIpc) is 3.17. The Bertz CT molecular complexity index is 1430. The van der Waals surface area contributed by atoms with Gasteiger partial charge < -0.3 is 15.4 Å². The summed E-state index contributed by atoms with van der Waals surface area (Å²) in [5.74, 6) is 0.962. The van der Waals surface area contributed by atoms with Gasteiger partial charge in [-0.2, -0.15) is 0 Å². The predicted octanol–water partition coefficient (Wildman–Crippen LogP) is 5.96. The molecule has 1 spiro atoms. The molecule has 6 heteroatoms. The van der Waals surface area contributed by atoms with Gasteiger partial charge >= 0.3 is 0 Å². The van der Waals surface area contributed by atoms with E-state index in [0.29, 0.717) is 18.3 Å². The molecule has 1 aliphatic heterocycles. The number of para-hydroxylation sites is 1. The van der Waals surface area contributed by atoms with Crippen molar-refractivity contribution in [2.75, 3.05) is 31.6 Å². The molecule has 2 heterocycles. The van der Waals surface area contributed by atoms with Crippen LogP contribution >= 0.6 is 0 Å². The Morgan fingerprint density at radius 2 is 2.00 bits per heavy atom. The van der Waals surface area contributed by atoms with Gasteiger partial charge in [0.25, 0.3) is 0 Å². The van der Waals surface area contributed by atoms with Crippen molar-refractivity contribution >= 4 is 16.6 Å². The molecule has 5 atom stereocenters. The van der Waals surface area contributed by atoms with Crippen LogP contribution in [0.3, 0.4) is 0 Å². The van der Waals surface area contributed by atoms with Gasteiger partial charge in [-0.15, -0.1) is 0 Å². The molecule has 2 unspecified atom stereocenters. The van der Waals surface area contributed by atoms with Crippen LogP contribution in [0.25, 0.3) is 10.9 Å². The third-order valence-electron chi connectivity index (χ3n) is 11.3. The Morgan fingerprint density at radius 3 is 2.76 bits per heavy atom. The van der Waals surface area contributed by atoms with E-state index in [1.807, 2.05) is 6.92 Å². The highest BCUT2D eigenvalue weighted by atomic mass is 19.1. The highest BCUT2D eigenvalue weighted by Crippen LogP contribution is 2.89. The zero-order valence-corrected chi connectivity index (χ0v) is 22.2. The second-order valence-corrected chi connectivity index (χ2v) is 13.3. The van der Waals surface area contributed by atoms with Gasteiger partial charge in [0.05, 0.1) is 18.8 Å². The SMILES string of the molecule is C[C@H]1Cc2c([nH]c3ccccc23)[C@@H]2c3c(F)cc(NC4CN(CCCF)C4)cc3C3C4(CC3([C@@H](C)O)C4)C21. The van der Waals surface area contributed by atoms with Crippen LogP contribution in [0.5, 0.6) is 0 Å². The number of alkyl halides is 1. The van der Waals surface area contributed by atoms with Crippen LogP contribution in [0.15, 0.2) is 36.4 Å². The lowest BCUT2D eigenvalue weighted by atomic mass is 9.20. The number of aliphatic hydroxyl groups excluding tert-OH is 1. The predicted molar refractivity (Wildman–Crippen MR) is 146 cm³/mol. The van der Waals surface area contributed by atoms with Crippen molar-refractivity contribution in [3.8, 4) is 0 Å². The largest absolute Gasteiger partial charge is 0.393 e. The number of halogens is 2. The molecule has 38 heavy (non-hydrogen) atoms. The molecular formula is C32H37F2N3O. The number of benzene rings is 2. The number of rotatable bonds is 6. The minimum Gasteiger partial charge on any atom is -0.393 e. The first-order valence-corrected chi connectivity index (χ1v) is 14.5. The Labute approximate surface area is 222 Å². The van der Waals surface area contributed by atoms with E-state index in [-0.39, 0.29) is 41.2 Å². The molecule has 3 saturated carbocycles. The van der Waals surface area contributed by atoms with E-state index in [1.165, 1.54) is 16.6 Å². The second-order valence-electron chi connectivity index (χ2n) is 13.3. The second kappa shape index (κ2) is 7.82. The van der Waals surface area contributed by atoms with Gasteiger partial charge in [-0.1, -0.05) is 25.1 Å². The van der Waals surface area contributed by atoms with E-state index in [9.17, 15) is 9.50 Å². The standard InChI is InChI=1S/C32H37F2N3O/c1-17-10-22-21-6-3-4-7-25(21)36-29(22)27-26-23(30-31(18(2)38)15-32(30,16-31)28(17)27)11-19(12-24(26)34)35-20-13-37(14-20)9-5-8-33/h3-4,6-7,11-12,17-18,20,27-28,30,35-36,38H,5,8-10,13-16H2,1-2H3/t17-,18+,27+,28?,30?,31?,32?/m0/s1. The summed E-state index contributed by atoms with van der Waals surface area (Å²) in [6, 6.07) is 12.7. The van der Waals surface area contributed by atoms with Gasteiger partial charge in [-0.3, -0.25) is 9.29 Å². The van der Waals surface area contributed by atoms with E-state index in [0.717, 1.165) is 61.2 Å². The summed E-state index contributed by atoms with van der Waals surface area (Å²) in [6.45, 7) is 6.54. The lowest BCUT2D eigenvalue weighted by Gasteiger charge is -2.83. The number of aliphatic hydroxyl groups is 1. The van der Waals surface area contributed by atoms with Crippen molar-refractivity contribution in [1.82, 2.24) is 9.88 Å². The minimum atomic E-state index is -0.392. The summed E-state index contributed by atoms with van der Waals surface area (Å²) in [6.07, 6.45) is 3.30. The molecule has 2 aromatic carbocycles. The smallest absolute Gasteiger partial charge is 0.129 e. The van der Waals surface area contributed by atoms with Crippen molar-refractivity contribution in [3.63, 3.8) is 0 Å². The molecule has 3 N–H and O–H groups in total. The molecule has 3 aromatic rings. The summed E-state index contributed by atoms with van der Waals surface area (Å²) in [7, 11) is 0. The molecule has 9 rings (SSSR count). The van der Waals surface area contributed by atoms with Crippen molar-refractivity contribution in [2.24, 2.45) is 22.7 Å². The van der Waals surface area contributed by atoms with E-state index < -0.39 is 6.10 Å². The fraction of sp³-hybridized carbons (Fsp3) is 0.562. The van der Waals surface area contributed by atoms with Gasteiger partial charge in [0.1, 0.15) is 5.82 Å². The maximum Gasteiger partial charge on any atom is 0.129 e. The summed E-state index contributed by atoms with van der Waals surface area (Å²) in [5.41, 5.74) is 6.58. The van der Waals surface area contributed by atoms with Gasteiger partial charge in [0.15, 0.2) is 0 Å². The zero-order chi connectivity index (χ0) is 26.0. The zero-order valence-electron chi connectivity index (χ0n) is 22.2. The third-order valence-corrected chi connectivity index (χ3v) is 11.3. The normalized spacial score (nSPS) is 35.7. The van der Waals surface area contributed by atoms with Crippen molar-refractivity contribution < 1.29 is 13.9 Å². The summed E-state index contributed by atoms with van der Waals surface area (Å²) in [5, 5.41) is 15.8. The van der Waals surface area contributed by atoms with E-state index in [1.54, 1.807) is 6.07 Å². The van der Waals surface area contributed by atoms with Crippen LogP contribution in [-0.2, 0) is 6.42 Å². The minimum absolute atomic E-state index is 0.0219. The van der Waals surface area contributed by atoms with Gasteiger partial charge in [0, 0.05) is 58.8 Å². The van der Waals surface area contributed by atoms with Crippen LogP contribution in [0.1, 0.15) is 67.3 Å². The first kappa shape index (κ1) is 23.4. The maximum atomic E-state index is 16.4. The third kappa shape index (κ3) is 2.81. The Balaban J connectivity index is 1.23. The molecule has 2 bridgehead atoms. The van der Waals surface area contributed by atoms with Crippen molar-refractivity contribution in [1.29, 1.82) is 0 Å². The molecule has 5 aliphatic carbocycles. The molecule has 6 aliphatic rings. The van der Waals surface area contributed by atoms with Crippen molar-refractivity contribution in [2.45, 2.75) is 63.5 Å². The van der Waals surface area contributed by atoms with E-state index in [4.69, 9.17) is 0 Å². The molecule has 0 amide bonds. The number of likely N-dealkylation sites (tertiary alicyclic amines) is 1. The van der Waals surface area contributed by atoms with Crippen molar-refractivity contribution in [3.05, 3.63) is 64.6 Å². The summed E-state index contributed by atoms with van der Waals surface area (Å²) < 4.78 is 29.0. The van der Waals surface area contributed by atoms with E-state index >= 15 is 4.39 Å². The monoisotopic (exact) mass is 517 g/mol. The number of hydrogen-bond donors (Lipinski definition) is 3. The molecular weight excluding hydrogens is 480 g/mol. The number of fused-ring (bicyclic) bond motifs is 7. The quantitative estimate of drug-likeness (QED) is 0.378. The first-order valence-electron chi connectivity index (χ1n) is 14.5. The molecule has 1 aromatic heterocycles. The lowest BCUT2D eigenvalue weighted by molar-refractivity contribution is -0.315. The number of anilines is 1. The fourth-order valence-electron chi connectivity index (χ4n) is 10.0.